The van der Waals surface area contributed by atoms with E-state index in [9.17, 15) is 50.2 Å². The topological polar surface area (TPSA) is 238 Å². The number of ether oxygens (including phenoxy) is 1. The first-order valence-electron chi connectivity index (χ1n) is 24.9. The molecule has 6 aromatic heterocycles. The molecule has 0 unspecified atom stereocenters. The predicted molar refractivity (Wildman–Crippen MR) is 297 cm³/mol. The van der Waals surface area contributed by atoms with Crippen LogP contribution in [0.15, 0.2) is 146 Å². The maximum Gasteiger partial charge on any atom is 2.00 e. The number of nitrogens with zero attached hydrogens (tertiary/aromatic N) is 10. The van der Waals surface area contributed by atoms with Crippen LogP contribution in [0.25, 0.3) is 56.2 Å². The number of Topliss-reactive ketones (excluding diaryl/α,β-unsaturated/α-hetero) is 1. The van der Waals surface area contributed by atoms with E-state index < -0.39 is 87.2 Å². The summed E-state index contributed by atoms with van der Waals surface area (Å²) in [6.45, 7) is 4.40. The number of aromatic nitrogens is 10. The van der Waals surface area contributed by atoms with Gasteiger partial charge in [0.05, 0.1) is 39.2 Å². The standard InChI is InChI=1S/C27H20F4N6O2.C26H16F4N6O3.C4H8O.CH3.BrH.Mg/c1-26(2,39)15-11-21-22(34-14-15)24(37(36-21)16-7-4-3-5-8-16)35-25(38)18-12-17(23-32-9-6-10-33-23)19(13-20(18)28)27(29,30)31;27-19-11-18(26(28,29)30)16(23-31-7-4-8-32-23)10-17(19)25(39)34-24-22-20(9-14(12-33-22)21(38)13-37)35-36(24)15-5-2-1-3-6-15;1-2-4-5-3-1;;;/h3-14,39H,1-2H3,(H,35,38);1-12,37H,13H2,(H,34,39);1-4H2;1H3;1H;/q;;;-1;;+2/p-1. The molecule has 86 heavy (non-hydrogen) atoms. The molecule has 0 saturated carbocycles. The summed E-state index contributed by atoms with van der Waals surface area (Å²) >= 11 is 0. The van der Waals surface area contributed by atoms with E-state index in [-0.39, 0.29) is 105 Å². The van der Waals surface area contributed by atoms with Crippen LogP contribution in [-0.4, -0.2) is 120 Å². The van der Waals surface area contributed by atoms with E-state index >= 15 is 4.39 Å². The number of hydrogen-bond donors (Lipinski definition) is 4. The number of amides is 2. The van der Waals surface area contributed by atoms with Gasteiger partial charge in [-0.15, -0.1) is 0 Å². The maximum atomic E-state index is 15.0. The molecule has 1 saturated heterocycles. The van der Waals surface area contributed by atoms with Crippen molar-refractivity contribution in [3.05, 3.63) is 199 Å². The number of nitrogens with one attached hydrogen (secondary N) is 2. The van der Waals surface area contributed by atoms with Crippen molar-refractivity contribution in [2.45, 2.75) is 44.6 Å². The van der Waals surface area contributed by atoms with Crippen LogP contribution in [0.4, 0.5) is 46.8 Å². The van der Waals surface area contributed by atoms with Crippen molar-refractivity contribution in [2.75, 3.05) is 30.5 Å². The predicted octanol–water partition coefficient (Wildman–Crippen LogP) is 7.85. The fraction of sp³-hybridized carbons (Fsp3) is 0.172. The molecule has 7 heterocycles. The van der Waals surface area contributed by atoms with E-state index in [1.54, 1.807) is 80.6 Å². The van der Waals surface area contributed by atoms with Crippen molar-refractivity contribution in [1.29, 1.82) is 0 Å². The Balaban J connectivity index is 0.000000246. The number of alkyl halides is 6. The molecule has 10 aromatic rings. The largest absolute Gasteiger partial charge is 2.00 e. The van der Waals surface area contributed by atoms with Gasteiger partial charge in [-0.1, -0.05) is 36.4 Å². The van der Waals surface area contributed by atoms with Gasteiger partial charge in [-0.3, -0.25) is 19.4 Å². The Morgan fingerprint density at radius 2 is 1.00 bits per heavy atom. The number of carbonyl (C=O) groups excluding carboxylic acids is 3. The molecule has 0 aliphatic carbocycles. The van der Waals surface area contributed by atoms with Gasteiger partial charge >= 0.3 is 35.4 Å². The van der Waals surface area contributed by atoms with E-state index in [1.165, 1.54) is 77.6 Å². The smallest absolute Gasteiger partial charge is 1.00 e. The van der Waals surface area contributed by atoms with E-state index in [1.807, 2.05) is 0 Å². The number of carbonyl (C=O) groups is 3. The summed E-state index contributed by atoms with van der Waals surface area (Å²) in [5.74, 6) is -6.17. The molecule has 0 radical (unpaired) electrons. The van der Waals surface area contributed by atoms with Crippen molar-refractivity contribution in [3.8, 4) is 34.2 Å². The SMILES string of the molecule is C1CCOC1.CC(C)(O)c1cnc2c(NC(=O)c3cc(-c4ncccn4)c(C(F)(F)F)cc3F)n(-c3ccccc3)nc2c1.O=C(CO)c1cnc2c(NC(=O)c3cc(-c4ncccn4)c(C(F)(F)F)cc3F)n(-c3ccccc3)nc2c1.[Br-].[CH3-].[Mg+2]. The molecule has 0 atom stereocenters. The summed E-state index contributed by atoms with van der Waals surface area (Å²) in [5.41, 5.74) is -4.03. The Morgan fingerprint density at radius 3 is 1.37 bits per heavy atom. The Hall–Kier alpha value is -8.54. The van der Waals surface area contributed by atoms with Crippen molar-refractivity contribution < 1.29 is 81.4 Å². The molecular weight excluding hydrogens is 1220 g/mol. The van der Waals surface area contributed by atoms with E-state index in [0.717, 1.165) is 25.3 Å². The minimum absolute atomic E-state index is 0. The fourth-order valence-electron chi connectivity index (χ4n) is 8.32. The third-order valence-corrected chi connectivity index (χ3v) is 12.4. The number of benzene rings is 4. The van der Waals surface area contributed by atoms with Gasteiger partial charge < -0.3 is 50.0 Å². The molecule has 440 valence electrons. The number of aliphatic hydroxyl groups excluding tert-OH is 1. The summed E-state index contributed by atoms with van der Waals surface area (Å²) < 4.78 is 120. The number of pyridine rings is 2. The third-order valence-electron chi connectivity index (χ3n) is 12.4. The molecule has 2 amide bonds. The molecule has 0 bridgehead atoms. The second-order valence-corrected chi connectivity index (χ2v) is 18.6. The van der Waals surface area contributed by atoms with Crippen LogP contribution in [0.5, 0.6) is 0 Å². The summed E-state index contributed by atoms with van der Waals surface area (Å²) in [5, 5.41) is 33.5. The number of halogens is 9. The van der Waals surface area contributed by atoms with Gasteiger partial charge in [-0.25, -0.2) is 43.1 Å². The maximum absolute atomic E-state index is 15.0. The molecule has 11 rings (SSSR count). The number of para-hydroxylation sites is 2. The monoisotopic (exact) mass is 1260 g/mol. The first kappa shape index (κ1) is 66.6. The number of ketones is 1. The molecule has 1 aliphatic heterocycles. The van der Waals surface area contributed by atoms with Crippen molar-refractivity contribution >= 4 is 74.4 Å². The Kier molecular flexibility index (Phi) is 21.8. The zero-order chi connectivity index (χ0) is 59.2. The average Bonchev–Trinajstić information content (AvgIpc) is 1.91. The zero-order valence-electron chi connectivity index (χ0n) is 45.5. The molecule has 0 spiro atoms. The molecule has 28 heteroatoms. The Bertz CT molecular complexity index is 4000. The molecule has 18 nitrogen and oxygen atoms in total. The number of aliphatic hydroxyl groups is 2. The quantitative estimate of drug-likeness (QED) is 0.0418. The van der Waals surface area contributed by atoms with Crippen LogP contribution in [0.2, 0.25) is 0 Å². The summed E-state index contributed by atoms with van der Waals surface area (Å²) in [7, 11) is 0. The van der Waals surface area contributed by atoms with Gasteiger partial charge in [0, 0.05) is 72.6 Å². The molecule has 1 fully saturated rings. The van der Waals surface area contributed by atoms with Crippen LogP contribution in [0.1, 0.15) is 74.5 Å². The van der Waals surface area contributed by atoms with Crippen LogP contribution in [-0.2, 0) is 22.7 Å². The number of anilines is 2. The van der Waals surface area contributed by atoms with Gasteiger partial charge in [0.2, 0.25) is 0 Å². The zero-order valence-corrected chi connectivity index (χ0v) is 48.5. The number of hydrogen-bond acceptors (Lipinski definition) is 14. The summed E-state index contributed by atoms with van der Waals surface area (Å²) in [4.78, 5) is 62.4. The van der Waals surface area contributed by atoms with Crippen molar-refractivity contribution in [3.63, 3.8) is 0 Å². The molecular formula is C58H47BrF8MgN12O6. The van der Waals surface area contributed by atoms with Gasteiger partial charge in [-0.2, -0.15) is 36.5 Å². The minimum Gasteiger partial charge on any atom is -1.00 e. The number of fused-ring (bicyclic) bond motifs is 2. The molecule has 1 aliphatic rings. The average molecular weight is 1260 g/mol. The Labute approximate surface area is 510 Å². The van der Waals surface area contributed by atoms with Crippen LogP contribution in [0, 0.1) is 19.1 Å². The van der Waals surface area contributed by atoms with E-state index in [0.29, 0.717) is 22.5 Å². The Morgan fingerprint density at radius 1 is 0.593 bits per heavy atom. The third kappa shape index (κ3) is 15.1. The van der Waals surface area contributed by atoms with Gasteiger partial charge in [0.15, 0.2) is 29.1 Å². The first-order chi connectivity index (χ1) is 39.6. The second kappa shape index (κ2) is 28.1. The van der Waals surface area contributed by atoms with Crippen LogP contribution >= 0.6 is 0 Å². The van der Waals surface area contributed by atoms with Crippen molar-refractivity contribution in [2.24, 2.45) is 0 Å². The number of rotatable bonds is 11. The molecule has 4 aromatic carbocycles. The molecule has 4 N–H and O–H groups in total. The minimum atomic E-state index is -4.94. The summed E-state index contributed by atoms with van der Waals surface area (Å²) in [6.07, 6.45) is 0.202. The van der Waals surface area contributed by atoms with E-state index in [2.05, 4.69) is 50.7 Å². The van der Waals surface area contributed by atoms with Crippen LogP contribution in [0.3, 0.4) is 0 Å². The summed E-state index contributed by atoms with van der Waals surface area (Å²) in [6, 6.07) is 24.9. The second-order valence-electron chi connectivity index (χ2n) is 18.6. The van der Waals surface area contributed by atoms with E-state index in [4.69, 9.17) is 9.84 Å². The first-order valence-corrected chi connectivity index (χ1v) is 24.9. The normalized spacial score (nSPS) is 12.1. The van der Waals surface area contributed by atoms with Gasteiger partial charge in [0.25, 0.3) is 11.8 Å². The van der Waals surface area contributed by atoms with Gasteiger partial charge in [0.1, 0.15) is 40.3 Å². The van der Waals surface area contributed by atoms with Crippen LogP contribution < -0.4 is 27.6 Å². The fourth-order valence-corrected chi connectivity index (χ4v) is 8.32. The van der Waals surface area contributed by atoms with Crippen molar-refractivity contribution in [1.82, 2.24) is 49.5 Å². The van der Waals surface area contributed by atoms with Gasteiger partial charge in [-0.05, 0) is 99.5 Å².